The molecule has 0 saturated carbocycles. The maximum absolute atomic E-state index is 13.5. The van der Waals surface area contributed by atoms with Crippen LogP contribution in [0, 0.1) is 0 Å². The third-order valence-corrected chi connectivity index (χ3v) is 6.79. The Morgan fingerprint density at radius 1 is 1.11 bits per heavy atom. The van der Waals surface area contributed by atoms with E-state index >= 15 is 0 Å². The van der Waals surface area contributed by atoms with E-state index in [1.165, 1.54) is 0 Å². The van der Waals surface area contributed by atoms with Gasteiger partial charge in [0, 0.05) is 38.0 Å². The molecule has 2 N–H and O–H groups in total. The molecular weight excluding hydrogens is 448 g/mol. The van der Waals surface area contributed by atoms with Crippen molar-refractivity contribution in [3.8, 4) is 11.1 Å². The van der Waals surface area contributed by atoms with Crippen LogP contribution in [0.5, 0.6) is 0 Å². The van der Waals surface area contributed by atoms with Crippen molar-refractivity contribution in [2.45, 2.75) is 50.6 Å². The summed E-state index contributed by atoms with van der Waals surface area (Å²) in [6.07, 6.45) is -0.0287. The van der Waals surface area contributed by atoms with Crippen LogP contribution in [0.2, 0.25) is 0 Å². The Balaban J connectivity index is 1.45. The predicted octanol–water partition coefficient (Wildman–Crippen LogP) is 3.79. The van der Waals surface area contributed by atoms with Crippen LogP contribution in [0.15, 0.2) is 48.5 Å². The molecule has 2 aromatic carbocycles. The first-order valence-corrected chi connectivity index (χ1v) is 12.1. The van der Waals surface area contributed by atoms with Gasteiger partial charge in [0.05, 0.1) is 6.61 Å². The average Bonchev–Trinajstić information content (AvgIpc) is 3.43. The summed E-state index contributed by atoms with van der Waals surface area (Å²) in [5.41, 5.74) is 3.28. The van der Waals surface area contributed by atoms with Crippen molar-refractivity contribution in [3.63, 3.8) is 0 Å². The fourth-order valence-electron chi connectivity index (χ4n) is 4.99. The van der Waals surface area contributed by atoms with Crippen molar-refractivity contribution >= 4 is 18.0 Å². The van der Waals surface area contributed by atoms with E-state index in [9.17, 15) is 14.4 Å². The standard InChI is InChI=1S/C27H32N2O6/c1-18(2)29(14-7-12-24(30)31)25(32)27(13-15-34-17-27)28-26(33)35-16-23-21-10-5-3-8-19(21)20-9-4-6-11-22(20)23/h3-6,8-11,18,23H,7,12-17H2,1-2H3,(H,28,33)(H,30,31). The summed E-state index contributed by atoms with van der Waals surface area (Å²) in [5.74, 6) is -1.26. The van der Waals surface area contributed by atoms with E-state index in [0.717, 1.165) is 22.3 Å². The number of carbonyl (C=O) groups is 3. The molecule has 2 aliphatic rings. The zero-order valence-electron chi connectivity index (χ0n) is 20.2. The van der Waals surface area contributed by atoms with Crippen LogP contribution < -0.4 is 5.32 Å². The largest absolute Gasteiger partial charge is 0.481 e. The molecule has 0 bridgehead atoms. The van der Waals surface area contributed by atoms with E-state index in [4.69, 9.17) is 14.6 Å². The number of fused-ring (bicyclic) bond motifs is 3. The van der Waals surface area contributed by atoms with E-state index in [1.54, 1.807) is 4.90 Å². The summed E-state index contributed by atoms with van der Waals surface area (Å²) >= 11 is 0. The number of rotatable bonds is 9. The molecule has 1 heterocycles. The molecule has 0 aromatic heterocycles. The number of nitrogens with zero attached hydrogens (tertiary/aromatic N) is 1. The van der Waals surface area contributed by atoms with E-state index in [-0.39, 0.29) is 44.0 Å². The van der Waals surface area contributed by atoms with Gasteiger partial charge in [-0.2, -0.15) is 0 Å². The number of aliphatic carboxylic acids is 1. The second-order valence-corrected chi connectivity index (χ2v) is 9.42. The molecule has 4 rings (SSSR count). The van der Waals surface area contributed by atoms with Gasteiger partial charge in [0.1, 0.15) is 12.1 Å². The summed E-state index contributed by atoms with van der Waals surface area (Å²) in [6, 6.07) is 16.0. The Labute approximate surface area is 205 Å². The fourth-order valence-corrected chi connectivity index (χ4v) is 4.99. The minimum Gasteiger partial charge on any atom is -0.481 e. The number of alkyl carbamates (subject to hydrolysis) is 1. The van der Waals surface area contributed by atoms with Crippen molar-refractivity contribution in [1.29, 1.82) is 0 Å². The van der Waals surface area contributed by atoms with Crippen LogP contribution in [-0.4, -0.2) is 65.9 Å². The van der Waals surface area contributed by atoms with Crippen LogP contribution in [0.4, 0.5) is 4.79 Å². The number of hydrogen-bond donors (Lipinski definition) is 2. The van der Waals surface area contributed by atoms with Gasteiger partial charge >= 0.3 is 12.1 Å². The first kappa shape index (κ1) is 24.7. The molecular formula is C27H32N2O6. The minimum atomic E-state index is -1.23. The molecule has 1 saturated heterocycles. The third-order valence-electron chi connectivity index (χ3n) is 6.79. The van der Waals surface area contributed by atoms with Crippen LogP contribution in [0.1, 0.15) is 50.2 Å². The van der Waals surface area contributed by atoms with Gasteiger partial charge in [0.25, 0.3) is 5.91 Å². The van der Waals surface area contributed by atoms with Crippen LogP contribution in [-0.2, 0) is 19.1 Å². The molecule has 2 amide bonds. The van der Waals surface area contributed by atoms with E-state index in [2.05, 4.69) is 29.6 Å². The quantitative estimate of drug-likeness (QED) is 0.566. The third kappa shape index (κ3) is 5.17. The fraction of sp³-hybridized carbons (Fsp3) is 0.444. The first-order valence-electron chi connectivity index (χ1n) is 12.1. The Bertz CT molecular complexity index is 1050. The van der Waals surface area contributed by atoms with Gasteiger partial charge in [-0.05, 0) is 42.5 Å². The zero-order chi connectivity index (χ0) is 25.0. The Hall–Kier alpha value is -3.39. The lowest BCUT2D eigenvalue weighted by Gasteiger charge is -2.36. The molecule has 35 heavy (non-hydrogen) atoms. The molecule has 1 atom stereocenters. The number of benzene rings is 2. The normalized spacial score (nSPS) is 18.7. The highest BCUT2D eigenvalue weighted by molar-refractivity contribution is 5.91. The molecule has 0 radical (unpaired) electrons. The molecule has 2 aromatic rings. The molecule has 8 heteroatoms. The van der Waals surface area contributed by atoms with Crippen molar-refractivity contribution in [1.82, 2.24) is 10.2 Å². The summed E-state index contributed by atoms with van der Waals surface area (Å²) in [4.78, 5) is 39.0. The van der Waals surface area contributed by atoms with E-state index < -0.39 is 17.6 Å². The average molecular weight is 481 g/mol. The van der Waals surface area contributed by atoms with Gasteiger partial charge in [0.15, 0.2) is 0 Å². The molecule has 186 valence electrons. The Morgan fingerprint density at radius 2 is 1.74 bits per heavy atom. The maximum atomic E-state index is 13.5. The van der Waals surface area contributed by atoms with Crippen LogP contribution in [0.3, 0.4) is 0 Å². The van der Waals surface area contributed by atoms with Crippen molar-refractivity contribution < 1.29 is 29.0 Å². The maximum Gasteiger partial charge on any atom is 0.408 e. The smallest absolute Gasteiger partial charge is 0.408 e. The number of ether oxygens (including phenoxy) is 2. The predicted molar refractivity (Wildman–Crippen MR) is 130 cm³/mol. The van der Waals surface area contributed by atoms with Crippen molar-refractivity contribution in [2.24, 2.45) is 0 Å². The Morgan fingerprint density at radius 3 is 2.29 bits per heavy atom. The molecule has 0 spiro atoms. The number of hydrogen-bond acceptors (Lipinski definition) is 5. The van der Waals surface area contributed by atoms with Crippen molar-refractivity contribution in [3.05, 3.63) is 59.7 Å². The van der Waals surface area contributed by atoms with Crippen molar-refractivity contribution in [2.75, 3.05) is 26.4 Å². The number of carboxylic acids is 1. The van der Waals surface area contributed by atoms with Gasteiger partial charge < -0.3 is 24.8 Å². The van der Waals surface area contributed by atoms with Crippen LogP contribution in [0.25, 0.3) is 11.1 Å². The lowest BCUT2D eigenvalue weighted by Crippen LogP contribution is -2.61. The SMILES string of the molecule is CC(C)N(CCCC(=O)O)C(=O)C1(NC(=O)OCC2c3ccccc3-c3ccccc32)CCOC1. The first-order chi connectivity index (χ1) is 16.8. The second-order valence-electron chi connectivity index (χ2n) is 9.42. The van der Waals surface area contributed by atoms with Gasteiger partial charge in [-0.25, -0.2) is 4.79 Å². The van der Waals surface area contributed by atoms with Gasteiger partial charge in [-0.15, -0.1) is 0 Å². The summed E-state index contributed by atoms with van der Waals surface area (Å²) in [6.45, 7) is 4.58. The molecule has 8 nitrogen and oxygen atoms in total. The van der Waals surface area contributed by atoms with Gasteiger partial charge in [0.2, 0.25) is 0 Å². The number of carboxylic acid groups (broad SMARTS) is 1. The number of carbonyl (C=O) groups excluding carboxylic acids is 2. The van der Waals surface area contributed by atoms with Gasteiger partial charge in [-0.3, -0.25) is 9.59 Å². The molecule has 1 unspecified atom stereocenters. The summed E-state index contributed by atoms with van der Waals surface area (Å²) in [7, 11) is 0. The lowest BCUT2D eigenvalue weighted by atomic mass is 9.95. The highest BCUT2D eigenvalue weighted by Crippen LogP contribution is 2.44. The topological polar surface area (TPSA) is 105 Å². The van der Waals surface area contributed by atoms with E-state index in [1.807, 2.05) is 38.1 Å². The minimum absolute atomic E-state index is 0.0280. The zero-order valence-corrected chi connectivity index (χ0v) is 20.2. The lowest BCUT2D eigenvalue weighted by molar-refractivity contribution is -0.142. The second kappa shape index (κ2) is 10.5. The molecule has 1 aliphatic carbocycles. The van der Waals surface area contributed by atoms with Gasteiger partial charge in [-0.1, -0.05) is 48.5 Å². The van der Waals surface area contributed by atoms with Crippen LogP contribution >= 0.6 is 0 Å². The number of nitrogens with one attached hydrogen (secondary N) is 1. The summed E-state index contributed by atoms with van der Waals surface area (Å²) in [5, 5.41) is 11.8. The highest BCUT2D eigenvalue weighted by atomic mass is 16.6. The summed E-state index contributed by atoms with van der Waals surface area (Å²) < 4.78 is 11.2. The highest BCUT2D eigenvalue weighted by Gasteiger charge is 2.47. The molecule has 1 aliphatic heterocycles. The monoisotopic (exact) mass is 480 g/mol. The van der Waals surface area contributed by atoms with E-state index in [0.29, 0.717) is 19.4 Å². The number of amides is 2. The molecule has 1 fully saturated rings. The Kier molecular flexibility index (Phi) is 7.40.